The quantitative estimate of drug-likeness (QED) is 0.886. The molecule has 1 N–H and O–H groups in total. The van der Waals surface area contributed by atoms with Gasteiger partial charge in [0, 0.05) is 11.1 Å². The molecule has 0 radical (unpaired) electrons. The first-order chi connectivity index (χ1) is 12.7. The van der Waals surface area contributed by atoms with E-state index in [1.165, 1.54) is 0 Å². The van der Waals surface area contributed by atoms with E-state index in [1.54, 1.807) is 24.3 Å². The molecule has 0 bridgehead atoms. The zero-order valence-corrected chi connectivity index (χ0v) is 14.3. The van der Waals surface area contributed by atoms with Gasteiger partial charge in [0.25, 0.3) is 0 Å². The van der Waals surface area contributed by atoms with Crippen molar-refractivity contribution in [3.05, 3.63) is 70.8 Å². The molecular formula is C20H21F2NO3. The maximum Gasteiger partial charge on any atom is 0.140 e. The number of hydrogen-bond acceptors (Lipinski definition) is 4. The molecule has 2 fully saturated rings. The second-order valence-corrected chi connectivity index (χ2v) is 6.78. The van der Waals surface area contributed by atoms with Gasteiger partial charge in [0.2, 0.25) is 0 Å². The molecule has 2 heterocycles. The highest BCUT2D eigenvalue weighted by Gasteiger charge is 2.57. The minimum atomic E-state index is -0.720. The van der Waals surface area contributed by atoms with E-state index in [1.807, 2.05) is 29.2 Å². The van der Waals surface area contributed by atoms with Crippen LogP contribution in [-0.4, -0.2) is 35.4 Å². The molecule has 0 saturated carbocycles. The lowest BCUT2D eigenvalue weighted by Crippen LogP contribution is -2.47. The number of halogens is 2. The molecule has 0 aliphatic carbocycles. The number of benzene rings is 2. The Morgan fingerprint density at radius 1 is 0.885 bits per heavy atom. The number of alkyl halides is 2. The van der Waals surface area contributed by atoms with Crippen LogP contribution in [0.3, 0.4) is 0 Å². The summed E-state index contributed by atoms with van der Waals surface area (Å²) in [7, 11) is 0. The van der Waals surface area contributed by atoms with Crippen molar-refractivity contribution in [3.63, 3.8) is 0 Å². The molecule has 26 heavy (non-hydrogen) atoms. The van der Waals surface area contributed by atoms with Gasteiger partial charge in [-0.2, -0.15) is 0 Å². The maximum absolute atomic E-state index is 13.5. The predicted molar refractivity (Wildman–Crippen MR) is 91.5 cm³/mol. The standard InChI is InChI=1S/C20H21F2NO3/c21-9-14-5-1-3-7-16(14)18-23-19(17-8-4-2-6-15(17)10-22)26-13-20(23,11-24)12-25-18/h1-8,18-19,24H,9-13H2/t18-,19+,20?. The Morgan fingerprint density at radius 2 is 1.35 bits per heavy atom. The Balaban J connectivity index is 1.79. The molecule has 0 amide bonds. The van der Waals surface area contributed by atoms with Gasteiger partial charge in [0.1, 0.15) is 25.8 Å². The molecule has 4 nitrogen and oxygen atoms in total. The molecule has 0 aromatic heterocycles. The molecule has 2 aliphatic rings. The molecule has 0 spiro atoms. The van der Waals surface area contributed by atoms with Crippen LogP contribution in [-0.2, 0) is 22.8 Å². The average Bonchev–Trinajstić information content (AvgIpc) is 3.25. The van der Waals surface area contributed by atoms with Gasteiger partial charge in [-0.25, -0.2) is 13.7 Å². The summed E-state index contributed by atoms with van der Waals surface area (Å²) in [5.74, 6) is 0. The predicted octanol–water partition coefficient (Wildman–Crippen LogP) is 3.42. The van der Waals surface area contributed by atoms with E-state index in [-0.39, 0.29) is 19.8 Å². The summed E-state index contributed by atoms with van der Waals surface area (Å²) in [4.78, 5) is 1.93. The van der Waals surface area contributed by atoms with Crippen molar-refractivity contribution < 1.29 is 23.4 Å². The van der Waals surface area contributed by atoms with E-state index in [0.717, 1.165) is 0 Å². The largest absolute Gasteiger partial charge is 0.394 e. The van der Waals surface area contributed by atoms with Crippen LogP contribution < -0.4 is 0 Å². The van der Waals surface area contributed by atoms with Crippen LogP contribution in [0.4, 0.5) is 8.78 Å². The first-order valence-corrected chi connectivity index (χ1v) is 8.64. The Morgan fingerprint density at radius 3 is 1.77 bits per heavy atom. The third-order valence-electron chi connectivity index (χ3n) is 5.30. The fourth-order valence-electron chi connectivity index (χ4n) is 3.89. The minimum Gasteiger partial charge on any atom is -0.394 e. The second-order valence-electron chi connectivity index (χ2n) is 6.78. The zero-order chi connectivity index (χ0) is 18.1. The van der Waals surface area contributed by atoms with Crippen LogP contribution >= 0.6 is 0 Å². The van der Waals surface area contributed by atoms with Crippen molar-refractivity contribution in [2.24, 2.45) is 0 Å². The first kappa shape index (κ1) is 17.5. The summed E-state index contributed by atoms with van der Waals surface area (Å²) < 4.78 is 39.0. The maximum atomic E-state index is 13.5. The number of ether oxygens (including phenoxy) is 2. The molecule has 2 aromatic rings. The molecule has 2 aliphatic heterocycles. The molecule has 1 unspecified atom stereocenters. The number of hydrogen-bond donors (Lipinski definition) is 1. The van der Waals surface area contributed by atoms with E-state index in [2.05, 4.69) is 0 Å². The van der Waals surface area contributed by atoms with E-state index < -0.39 is 31.3 Å². The number of nitrogens with zero attached hydrogens (tertiary/aromatic N) is 1. The average molecular weight is 361 g/mol. The zero-order valence-electron chi connectivity index (χ0n) is 14.3. The molecule has 6 heteroatoms. The van der Waals surface area contributed by atoms with Crippen molar-refractivity contribution in [1.29, 1.82) is 0 Å². The highest BCUT2D eigenvalue weighted by atomic mass is 19.1. The van der Waals surface area contributed by atoms with E-state index in [4.69, 9.17) is 9.47 Å². The number of aliphatic hydroxyl groups is 1. The minimum absolute atomic E-state index is 0.157. The number of rotatable bonds is 5. The summed E-state index contributed by atoms with van der Waals surface area (Å²) in [6.45, 7) is -0.840. The topological polar surface area (TPSA) is 41.9 Å². The van der Waals surface area contributed by atoms with Crippen molar-refractivity contribution in [2.45, 2.75) is 31.3 Å². The van der Waals surface area contributed by atoms with E-state index in [9.17, 15) is 13.9 Å². The summed E-state index contributed by atoms with van der Waals surface area (Å²) in [5, 5.41) is 10.1. The smallest absolute Gasteiger partial charge is 0.140 e. The third kappa shape index (κ3) is 2.65. The lowest BCUT2D eigenvalue weighted by Gasteiger charge is -2.34. The van der Waals surface area contributed by atoms with Gasteiger partial charge in [0.05, 0.1) is 25.4 Å². The van der Waals surface area contributed by atoms with Crippen LogP contribution in [0, 0.1) is 0 Å². The van der Waals surface area contributed by atoms with Gasteiger partial charge in [-0.3, -0.25) is 0 Å². The monoisotopic (exact) mass is 361 g/mol. The van der Waals surface area contributed by atoms with Crippen molar-refractivity contribution in [3.8, 4) is 0 Å². The molecule has 4 rings (SSSR count). The van der Waals surface area contributed by atoms with Crippen LogP contribution in [0.2, 0.25) is 0 Å². The summed E-state index contributed by atoms with van der Waals surface area (Å²) >= 11 is 0. The van der Waals surface area contributed by atoms with Gasteiger partial charge in [-0.05, 0) is 11.1 Å². The van der Waals surface area contributed by atoms with Crippen LogP contribution in [0.1, 0.15) is 34.7 Å². The SMILES string of the molecule is OCC12CO[C@H](c3ccccc3CF)N1[C@H](c1ccccc1CF)OC2. The Bertz CT molecular complexity index is 726. The van der Waals surface area contributed by atoms with Gasteiger partial charge in [0.15, 0.2) is 0 Å². The molecule has 3 atom stereocenters. The fraction of sp³-hybridized carbons (Fsp3) is 0.400. The highest BCUT2D eigenvalue weighted by Crippen LogP contribution is 2.49. The molecule has 2 saturated heterocycles. The molecule has 2 aromatic carbocycles. The van der Waals surface area contributed by atoms with E-state index in [0.29, 0.717) is 22.3 Å². The second kappa shape index (κ2) is 7.04. The first-order valence-electron chi connectivity index (χ1n) is 8.64. The van der Waals surface area contributed by atoms with Crippen molar-refractivity contribution in [1.82, 2.24) is 4.90 Å². The Hall–Kier alpha value is -1.86. The third-order valence-corrected chi connectivity index (χ3v) is 5.30. The van der Waals surface area contributed by atoms with E-state index >= 15 is 0 Å². The summed E-state index contributed by atoms with van der Waals surface area (Å²) in [5.41, 5.74) is 1.77. The summed E-state index contributed by atoms with van der Waals surface area (Å²) in [6.07, 6.45) is -1.12. The Labute approximate surface area is 151 Å². The highest BCUT2D eigenvalue weighted by molar-refractivity contribution is 5.33. The van der Waals surface area contributed by atoms with Crippen molar-refractivity contribution in [2.75, 3.05) is 19.8 Å². The van der Waals surface area contributed by atoms with Crippen molar-refractivity contribution >= 4 is 0 Å². The van der Waals surface area contributed by atoms with Gasteiger partial charge >= 0.3 is 0 Å². The summed E-state index contributed by atoms with van der Waals surface area (Å²) in [6, 6.07) is 14.3. The number of fused-ring (bicyclic) bond motifs is 1. The number of aliphatic hydroxyl groups excluding tert-OH is 1. The fourth-order valence-corrected chi connectivity index (χ4v) is 3.89. The van der Waals surface area contributed by atoms with Crippen LogP contribution in [0.25, 0.3) is 0 Å². The lowest BCUT2D eigenvalue weighted by atomic mass is 9.98. The lowest BCUT2D eigenvalue weighted by molar-refractivity contribution is -0.0640. The molecular weight excluding hydrogens is 340 g/mol. The van der Waals surface area contributed by atoms with Gasteiger partial charge in [-0.15, -0.1) is 0 Å². The normalized spacial score (nSPS) is 28.4. The Kier molecular flexibility index (Phi) is 4.75. The van der Waals surface area contributed by atoms with Crippen LogP contribution in [0.5, 0.6) is 0 Å². The van der Waals surface area contributed by atoms with Crippen LogP contribution in [0.15, 0.2) is 48.5 Å². The van der Waals surface area contributed by atoms with Gasteiger partial charge in [-0.1, -0.05) is 48.5 Å². The van der Waals surface area contributed by atoms with Gasteiger partial charge < -0.3 is 14.6 Å². The molecule has 138 valence electrons.